The number of pyridine rings is 2. The van der Waals surface area contributed by atoms with Crippen molar-refractivity contribution in [2.75, 3.05) is 26.3 Å². The van der Waals surface area contributed by atoms with Crippen LogP contribution in [0.3, 0.4) is 0 Å². The molecule has 0 radical (unpaired) electrons. The van der Waals surface area contributed by atoms with E-state index in [-0.39, 0.29) is 37.6 Å². The minimum atomic E-state index is -0.576. The predicted octanol–water partition coefficient (Wildman–Crippen LogP) is 4.81. The molecular formula is C41H41ClN6O6. The molecule has 0 aliphatic carbocycles. The Hall–Kier alpha value is -5.63. The van der Waals surface area contributed by atoms with Crippen molar-refractivity contribution in [1.29, 1.82) is 0 Å². The second-order valence-corrected chi connectivity index (χ2v) is 13.0. The average molecular weight is 749 g/mol. The monoisotopic (exact) mass is 748 g/mol. The van der Waals surface area contributed by atoms with E-state index in [4.69, 9.17) is 31.9 Å². The van der Waals surface area contributed by atoms with Crippen molar-refractivity contribution >= 4 is 23.2 Å². The number of nitrogens with two attached hydrogens (primary N) is 1. The number of nitrogens with zero attached hydrogens (tertiary/aromatic N) is 3. The van der Waals surface area contributed by atoms with Crippen LogP contribution in [0.2, 0.25) is 5.02 Å². The fourth-order valence-electron chi connectivity index (χ4n) is 6.01. The lowest BCUT2D eigenvalue weighted by atomic mass is 9.94. The van der Waals surface area contributed by atoms with Crippen LogP contribution >= 0.6 is 11.6 Å². The smallest absolute Gasteiger partial charge is 0.262 e. The quantitative estimate of drug-likeness (QED) is 0.0816. The number of carbonyl (C=O) groups excluding carboxylic acids is 1. The van der Waals surface area contributed by atoms with Crippen molar-refractivity contribution in [2.24, 2.45) is 5.73 Å². The summed E-state index contributed by atoms with van der Waals surface area (Å²) in [5.74, 6) is 0.384. The standard InChI is InChI=1S/C41H41ClN6O6/c1-26-31(25-54-38-18-37(32(16-36(38)42)20-44-9-12-49)53-24-27-14-33(40(43)51)21-46-19-27)6-3-7-35(26)30-5-2-4-28(15-30)29-8-11-48-39(17-29)47-23-34(41(48)52)22-45-10-13-50/h2-8,11,14-19,21,23,44-45,49-50H,9-10,12-13,20,22,24-25H2,1H3,(H2,43,51). The van der Waals surface area contributed by atoms with Gasteiger partial charge >= 0.3 is 0 Å². The summed E-state index contributed by atoms with van der Waals surface area (Å²) in [6.07, 6.45) is 6.33. The topological polar surface area (TPSA) is 173 Å². The van der Waals surface area contributed by atoms with Gasteiger partial charge in [-0.15, -0.1) is 0 Å². The highest BCUT2D eigenvalue weighted by Gasteiger charge is 2.15. The Morgan fingerprint density at radius 2 is 1.54 bits per heavy atom. The summed E-state index contributed by atoms with van der Waals surface area (Å²) in [6.45, 7) is 3.92. The Morgan fingerprint density at radius 3 is 2.31 bits per heavy atom. The largest absolute Gasteiger partial charge is 0.488 e. The molecule has 0 unspecified atom stereocenters. The number of rotatable bonds is 17. The summed E-state index contributed by atoms with van der Waals surface area (Å²) in [7, 11) is 0. The van der Waals surface area contributed by atoms with Crippen molar-refractivity contribution in [3.63, 3.8) is 0 Å². The Bertz CT molecular complexity index is 2330. The number of ether oxygens (including phenoxy) is 2. The summed E-state index contributed by atoms with van der Waals surface area (Å²) in [6, 6.07) is 23.2. The Labute approximate surface area is 317 Å². The number of hydrogen-bond acceptors (Lipinski definition) is 10. The summed E-state index contributed by atoms with van der Waals surface area (Å²) < 4.78 is 14.0. The number of aliphatic hydroxyl groups is 2. The van der Waals surface area contributed by atoms with Crippen LogP contribution in [0.5, 0.6) is 11.5 Å². The molecule has 3 heterocycles. The Kier molecular flexibility index (Phi) is 12.7. The van der Waals surface area contributed by atoms with E-state index in [0.29, 0.717) is 59.5 Å². The number of benzene rings is 3. The third-order valence-electron chi connectivity index (χ3n) is 8.91. The van der Waals surface area contributed by atoms with E-state index in [1.807, 2.05) is 36.4 Å². The normalized spacial score (nSPS) is 11.2. The number of fused-ring (bicyclic) bond motifs is 1. The van der Waals surface area contributed by atoms with Gasteiger partial charge in [-0.1, -0.05) is 48.0 Å². The van der Waals surface area contributed by atoms with Crippen molar-refractivity contribution in [1.82, 2.24) is 25.0 Å². The molecule has 12 nitrogen and oxygen atoms in total. The van der Waals surface area contributed by atoms with E-state index in [1.165, 1.54) is 10.6 Å². The number of halogens is 1. The highest BCUT2D eigenvalue weighted by Crippen LogP contribution is 2.35. The van der Waals surface area contributed by atoms with Crippen LogP contribution in [0.15, 0.2) is 102 Å². The molecule has 0 aliphatic heterocycles. The number of primary amides is 1. The van der Waals surface area contributed by atoms with Crippen molar-refractivity contribution in [3.05, 3.63) is 146 Å². The van der Waals surface area contributed by atoms with Gasteiger partial charge in [0.2, 0.25) is 5.91 Å². The van der Waals surface area contributed by atoms with Crippen molar-refractivity contribution in [3.8, 4) is 33.8 Å². The molecule has 0 spiro atoms. The average Bonchev–Trinajstić information content (AvgIpc) is 3.18. The molecule has 0 aliphatic rings. The van der Waals surface area contributed by atoms with Gasteiger partial charge in [-0.3, -0.25) is 19.0 Å². The zero-order valence-corrected chi connectivity index (χ0v) is 30.5. The molecule has 54 heavy (non-hydrogen) atoms. The van der Waals surface area contributed by atoms with Gasteiger partial charge in [-0.25, -0.2) is 4.98 Å². The molecule has 0 fully saturated rings. The highest BCUT2D eigenvalue weighted by atomic mass is 35.5. The lowest BCUT2D eigenvalue weighted by molar-refractivity contribution is 0.0999. The SMILES string of the molecule is Cc1c(COc2cc(OCc3cncc(C(N)=O)c3)c(CNCCO)cc2Cl)cccc1-c1cccc(-c2ccn3c(=O)c(CNCCO)cnc3c2)c1. The maximum Gasteiger partial charge on any atom is 0.262 e. The number of hydrogen-bond donors (Lipinski definition) is 5. The zero-order valence-electron chi connectivity index (χ0n) is 29.7. The Morgan fingerprint density at radius 1 is 0.815 bits per heavy atom. The molecule has 6 rings (SSSR count). The molecule has 0 saturated heterocycles. The third kappa shape index (κ3) is 9.11. The second kappa shape index (κ2) is 17.9. The van der Waals surface area contributed by atoms with Gasteiger partial charge in [-0.05, 0) is 70.6 Å². The lowest BCUT2D eigenvalue weighted by Crippen LogP contribution is -2.26. The molecule has 278 valence electrons. The zero-order chi connectivity index (χ0) is 38.0. The predicted molar refractivity (Wildman–Crippen MR) is 208 cm³/mol. The van der Waals surface area contributed by atoms with Gasteiger partial charge in [-0.2, -0.15) is 0 Å². The molecule has 1 amide bonds. The fraction of sp³-hybridized carbons (Fsp3) is 0.220. The van der Waals surface area contributed by atoms with Crippen molar-refractivity contribution < 1.29 is 24.5 Å². The number of aliphatic hydroxyl groups excluding tert-OH is 2. The highest BCUT2D eigenvalue weighted by molar-refractivity contribution is 6.32. The van der Waals surface area contributed by atoms with Crippen LogP contribution in [-0.2, 0) is 26.3 Å². The molecule has 0 atom stereocenters. The first kappa shape index (κ1) is 38.1. The van der Waals surface area contributed by atoms with Crippen LogP contribution in [-0.4, -0.2) is 56.8 Å². The van der Waals surface area contributed by atoms with E-state index in [0.717, 1.165) is 38.9 Å². The van der Waals surface area contributed by atoms with Crippen LogP contribution in [0.25, 0.3) is 27.9 Å². The maximum absolute atomic E-state index is 13.0. The number of carbonyl (C=O) groups is 1. The van der Waals surface area contributed by atoms with Crippen molar-refractivity contribution in [2.45, 2.75) is 33.2 Å². The first-order chi connectivity index (χ1) is 26.2. The molecular weight excluding hydrogens is 708 g/mol. The summed E-state index contributed by atoms with van der Waals surface area (Å²) in [4.78, 5) is 33.3. The van der Waals surface area contributed by atoms with Gasteiger partial charge in [0, 0.05) is 73.7 Å². The first-order valence-corrected chi connectivity index (χ1v) is 17.8. The molecule has 0 bridgehead atoms. The van der Waals surface area contributed by atoms with E-state index >= 15 is 0 Å². The van der Waals surface area contributed by atoms with Gasteiger partial charge < -0.3 is 36.1 Å². The maximum atomic E-state index is 13.0. The molecule has 3 aromatic heterocycles. The number of amides is 1. The fourth-order valence-corrected chi connectivity index (χ4v) is 6.25. The summed E-state index contributed by atoms with van der Waals surface area (Å²) in [5.41, 5.74) is 14.0. The van der Waals surface area contributed by atoms with Crippen LogP contribution in [0.1, 0.15) is 38.2 Å². The van der Waals surface area contributed by atoms with E-state index in [1.54, 1.807) is 36.8 Å². The van der Waals surface area contributed by atoms with Crippen LogP contribution in [0, 0.1) is 6.92 Å². The minimum Gasteiger partial charge on any atom is -0.488 e. The van der Waals surface area contributed by atoms with E-state index < -0.39 is 5.91 Å². The molecule has 3 aromatic carbocycles. The van der Waals surface area contributed by atoms with Gasteiger partial charge in [0.1, 0.15) is 30.4 Å². The molecule has 6 N–H and O–H groups in total. The van der Waals surface area contributed by atoms with Gasteiger partial charge in [0.15, 0.2) is 0 Å². The second-order valence-electron chi connectivity index (χ2n) is 12.6. The molecule has 6 aromatic rings. The molecule has 13 heteroatoms. The number of aromatic nitrogens is 3. The minimum absolute atomic E-state index is 0.00730. The van der Waals surface area contributed by atoms with E-state index in [9.17, 15) is 14.7 Å². The summed E-state index contributed by atoms with van der Waals surface area (Å²) >= 11 is 6.72. The summed E-state index contributed by atoms with van der Waals surface area (Å²) in [5, 5.41) is 24.9. The molecule has 0 saturated carbocycles. The van der Waals surface area contributed by atoms with Gasteiger partial charge in [0.05, 0.1) is 23.8 Å². The van der Waals surface area contributed by atoms with E-state index in [2.05, 4.69) is 45.7 Å². The first-order valence-electron chi connectivity index (χ1n) is 17.4. The lowest BCUT2D eigenvalue weighted by Gasteiger charge is -2.17. The third-order valence-corrected chi connectivity index (χ3v) is 9.21. The van der Waals surface area contributed by atoms with Crippen LogP contribution < -0.4 is 31.4 Å². The van der Waals surface area contributed by atoms with Crippen LogP contribution in [0.4, 0.5) is 0 Å². The van der Waals surface area contributed by atoms with Gasteiger partial charge in [0.25, 0.3) is 5.56 Å². The number of nitrogens with one attached hydrogen (secondary N) is 2. The Balaban J connectivity index is 1.21.